The number of pyridine rings is 1. The van der Waals surface area contributed by atoms with Crippen LogP contribution < -0.4 is 4.74 Å². The summed E-state index contributed by atoms with van der Waals surface area (Å²) in [6, 6.07) is 15.7. The first-order chi connectivity index (χ1) is 13.6. The monoisotopic (exact) mass is 413 g/mol. The summed E-state index contributed by atoms with van der Waals surface area (Å²) >= 11 is 12.4. The topological polar surface area (TPSA) is 31.4 Å². The zero-order valence-electron chi connectivity index (χ0n) is 15.6. The summed E-state index contributed by atoms with van der Waals surface area (Å²) in [4.78, 5) is 4.43. The van der Waals surface area contributed by atoms with Gasteiger partial charge >= 0.3 is 0 Å². The Morgan fingerprint density at radius 1 is 1.04 bits per heavy atom. The minimum Gasteiger partial charge on any atom is -0.492 e. The second-order valence-electron chi connectivity index (χ2n) is 6.88. The van der Waals surface area contributed by atoms with Gasteiger partial charge in [-0.2, -0.15) is 0 Å². The van der Waals surface area contributed by atoms with Crippen LogP contribution in [0.15, 0.2) is 60.9 Å². The molecule has 1 aliphatic carbocycles. The molecule has 1 fully saturated rings. The van der Waals surface area contributed by atoms with Crippen LogP contribution in [0, 0.1) is 0 Å². The van der Waals surface area contributed by atoms with Crippen LogP contribution in [-0.2, 0) is 16.9 Å². The number of rotatable bonds is 7. The lowest BCUT2D eigenvalue weighted by Gasteiger charge is -2.22. The van der Waals surface area contributed by atoms with Crippen LogP contribution in [0.2, 0.25) is 10.0 Å². The third-order valence-corrected chi connectivity index (χ3v) is 5.58. The first-order valence-electron chi connectivity index (χ1n) is 9.37. The summed E-state index contributed by atoms with van der Waals surface area (Å²) in [7, 11) is 0. The van der Waals surface area contributed by atoms with Gasteiger partial charge in [0, 0.05) is 27.4 Å². The van der Waals surface area contributed by atoms with Crippen LogP contribution in [-0.4, -0.2) is 11.6 Å². The molecule has 1 saturated carbocycles. The maximum absolute atomic E-state index is 6.41. The van der Waals surface area contributed by atoms with Crippen molar-refractivity contribution in [2.45, 2.75) is 32.0 Å². The van der Waals surface area contributed by atoms with Gasteiger partial charge in [-0.15, -0.1) is 0 Å². The van der Waals surface area contributed by atoms with Crippen LogP contribution in [0.5, 0.6) is 5.75 Å². The molecule has 3 aromatic rings. The number of hydrogen-bond donors (Lipinski definition) is 0. The molecule has 1 aliphatic rings. The molecule has 1 aromatic heterocycles. The van der Waals surface area contributed by atoms with E-state index in [0.717, 1.165) is 40.8 Å². The van der Waals surface area contributed by atoms with Crippen LogP contribution in [0.4, 0.5) is 0 Å². The zero-order chi connectivity index (χ0) is 19.6. The van der Waals surface area contributed by atoms with E-state index in [1.807, 2.05) is 37.4 Å². The zero-order valence-corrected chi connectivity index (χ0v) is 17.1. The van der Waals surface area contributed by atoms with Gasteiger partial charge in [0.05, 0.1) is 25.0 Å². The molecular formula is C23H21Cl2NO2. The summed E-state index contributed by atoms with van der Waals surface area (Å²) < 4.78 is 12.3. The molecule has 3 nitrogen and oxygen atoms in total. The fraction of sp³-hybridized carbons (Fsp3) is 0.261. The predicted molar refractivity (Wildman–Crippen MR) is 113 cm³/mol. The average Bonchev–Trinajstić information content (AvgIpc) is 3.50. The van der Waals surface area contributed by atoms with Crippen molar-refractivity contribution in [2.75, 3.05) is 6.61 Å². The summed E-state index contributed by atoms with van der Waals surface area (Å²) in [5.41, 5.74) is 3.71. The Balaban J connectivity index is 1.70. The van der Waals surface area contributed by atoms with Gasteiger partial charge in [-0.05, 0) is 49.1 Å². The Hall–Kier alpha value is -2.07. The van der Waals surface area contributed by atoms with Crippen molar-refractivity contribution in [2.24, 2.45) is 0 Å². The Bertz CT molecular complexity index is 972. The van der Waals surface area contributed by atoms with Crippen molar-refractivity contribution < 1.29 is 9.47 Å². The van der Waals surface area contributed by atoms with Gasteiger partial charge in [0.2, 0.25) is 0 Å². The molecule has 0 atom stereocenters. The van der Waals surface area contributed by atoms with E-state index in [0.29, 0.717) is 23.3 Å². The summed E-state index contributed by atoms with van der Waals surface area (Å²) in [5, 5.41) is 1.31. The van der Waals surface area contributed by atoms with Crippen molar-refractivity contribution in [3.63, 3.8) is 0 Å². The highest BCUT2D eigenvalue weighted by Crippen LogP contribution is 2.54. The van der Waals surface area contributed by atoms with Crippen LogP contribution in [0.25, 0.3) is 11.1 Å². The first kappa shape index (κ1) is 19.3. The van der Waals surface area contributed by atoms with Gasteiger partial charge in [0.15, 0.2) is 0 Å². The predicted octanol–water partition coefficient (Wildman–Crippen LogP) is 6.66. The smallest absolute Gasteiger partial charge is 0.145 e. The molecule has 5 heteroatoms. The van der Waals surface area contributed by atoms with Crippen LogP contribution in [0.3, 0.4) is 0 Å². The van der Waals surface area contributed by atoms with E-state index in [1.165, 1.54) is 0 Å². The number of ether oxygens (including phenoxy) is 2. The normalized spacial score (nSPS) is 14.7. The quantitative estimate of drug-likeness (QED) is 0.433. The molecule has 0 amide bonds. The molecule has 28 heavy (non-hydrogen) atoms. The van der Waals surface area contributed by atoms with Gasteiger partial charge in [0.25, 0.3) is 0 Å². The second kappa shape index (κ2) is 8.12. The lowest BCUT2D eigenvalue weighted by Crippen LogP contribution is -2.15. The Morgan fingerprint density at radius 3 is 2.54 bits per heavy atom. The van der Waals surface area contributed by atoms with E-state index in [2.05, 4.69) is 17.1 Å². The standard InChI is InChI=1S/C23H21Cl2NO2/c1-2-27-21-14-26-13-19(22(21)16-6-4-3-5-7-16)23(10-11-23)28-15-17-12-18(24)8-9-20(17)25/h3-9,12-14H,2,10-11,15H2,1H3. The molecule has 144 valence electrons. The highest BCUT2D eigenvalue weighted by atomic mass is 35.5. The molecule has 0 aliphatic heterocycles. The summed E-state index contributed by atoms with van der Waals surface area (Å²) in [6.45, 7) is 2.95. The van der Waals surface area contributed by atoms with Crippen LogP contribution >= 0.6 is 23.2 Å². The largest absolute Gasteiger partial charge is 0.492 e. The van der Waals surface area contributed by atoms with E-state index in [9.17, 15) is 0 Å². The van der Waals surface area contributed by atoms with Crippen molar-refractivity contribution >= 4 is 23.2 Å². The van der Waals surface area contributed by atoms with Crippen molar-refractivity contribution in [1.29, 1.82) is 0 Å². The fourth-order valence-corrected chi connectivity index (χ4v) is 3.80. The molecule has 4 rings (SSSR count). The number of aromatic nitrogens is 1. The van der Waals surface area contributed by atoms with Crippen molar-refractivity contribution in [3.8, 4) is 16.9 Å². The van der Waals surface area contributed by atoms with Gasteiger partial charge < -0.3 is 9.47 Å². The van der Waals surface area contributed by atoms with Gasteiger partial charge in [-0.3, -0.25) is 4.98 Å². The fourth-order valence-electron chi connectivity index (χ4n) is 3.43. The molecule has 0 unspecified atom stereocenters. The van der Waals surface area contributed by atoms with Crippen LogP contribution in [0.1, 0.15) is 30.9 Å². The second-order valence-corrected chi connectivity index (χ2v) is 7.72. The summed E-state index contributed by atoms with van der Waals surface area (Å²) in [6.07, 6.45) is 5.54. The van der Waals surface area contributed by atoms with Crippen molar-refractivity contribution in [3.05, 3.63) is 82.1 Å². The SMILES string of the molecule is CCOc1cncc(C2(OCc3cc(Cl)ccc3Cl)CC2)c1-c1ccccc1. The van der Waals surface area contributed by atoms with Gasteiger partial charge in [-0.1, -0.05) is 53.5 Å². The molecule has 0 radical (unpaired) electrons. The Morgan fingerprint density at radius 2 is 1.82 bits per heavy atom. The number of nitrogens with zero attached hydrogens (tertiary/aromatic N) is 1. The minimum atomic E-state index is -0.378. The van der Waals surface area contributed by atoms with Gasteiger partial charge in [0.1, 0.15) is 5.75 Å². The molecule has 0 N–H and O–H groups in total. The van der Waals surface area contributed by atoms with E-state index < -0.39 is 0 Å². The highest BCUT2D eigenvalue weighted by molar-refractivity contribution is 6.33. The Kier molecular flexibility index (Phi) is 5.58. The third kappa shape index (κ3) is 3.88. The maximum atomic E-state index is 6.41. The number of halogens is 2. The minimum absolute atomic E-state index is 0.378. The molecule has 0 bridgehead atoms. The maximum Gasteiger partial charge on any atom is 0.145 e. The van der Waals surface area contributed by atoms with E-state index in [1.54, 1.807) is 18.3 Å². The number of hydrogen-bond acceptors (Lipinski definition) is 3. The first-order valence-corrected chi connectivity index (χ1v) is 10.1. The molecule has 2 aromatic carbocycles. The van der Waals surface area contributed by atoms with E-state index in [-0.39, 0.29) is 5.60 Å². The molecule has 1 heterocycles. The van der Waals surface area contributed by atoms with E-state index >= 15 is 0 Å². The Labute approximate surface area is 175 Å². The number of benzene rings is 2. The highest BCUT2D eigenvalue weighted by Gasteiger charge is 2.48. The third-order valence-electron chi connectivity index (χ3n) is 4.98. The average molecular weight is 414 g/mol. The van der Waals surface area contributed by atoms with Gasteiger partial charge in [-0.25, -0.2) is 0 Å². The van der Waals surface area contributed by atoms with Crippen molar-refractivity contribution in [1.82, 2.24) is 4.98 Å². The lowest BCUT2D eigenvalue weighted by molar-refractivity contribution is 0.0172. The summed E-state index contributed by atoms with van der Waals surface area (Å²) in [5.74, 6) is 0.780. The van der Waals surface area contributed by atoms with E-state index in [4.69, 9.17) is 32.7 Å². The molecular weight excluding hydrogens is 393 g/mol. The molecule has 0 saturated heterocycles. The lowest BCUT2D eigenvalue weighted by atomic mass is 9.96. The molecule has 0 spiro atoms.